The number of carbonyl (C=O) groups excluding carboxylic acids is 1. The highest BCUT2D eigenvalue weighted by Crippen LogP contribution is 2.24. The van der Waals surface area contributed by atoms with E-state index in [4.69, 9.17) is 5.73 Å². The van der Waals surface area contributed by atoms with E-state index in [0.717, 1.165) is 31.2 Å². The van der Waals surface area contributed by atoms with Gasteiger partial charge in [-0.1, -0.05) is 12.8 Å². The van der Waals surface area contributed by atoms with Crippen molar-refractivity contribution in [2.24, 2.45) is 11.7 Å². The molecule has 92 valence electrons. The van der Waals surface area contributed by atoms with Gasteiger partial charge in [0.25, 0.3) is 0 Å². The van der Waals surface area contributed by atoms with Crippen LogP contribution in [0.15, 0.2) is 18.3 Å². The minimum absolute atomic E-state index is 0.00596. The number of hydrogen-bond donors (Lipinski definition) is 2. The second kappa shape index (κ2) is 5.27. The van der Waals surface area contributed by atoms with Crippen LogP contribution in [0.4, 0.5) is 5.82 Å². The fourth-order valence-electron chi connectivity index (χ4n) is 2.31. The predicted octanol–water partition coefficient (Wildman–Crippen LogP) is 1.85. The maximum absolute atomic E-state index is 12.1. The predicted molar refractivity (Wildman–Crippen MR) is 67.5 cm³/mol. The number of anilines is 1. The minimum atomic E-state index is -0.0638. The van der Waals surface area contributed by atoms with Crippen LogP contribution < -0.4 is 11.1 Å². The molecule has 3 N–H and O–H groups in total. The molecule has 0 bridgehead atoms. The molecule has 4 nitrogen and oxygen atoms in total. The highest BCUT2D eigenvalue weighted by atomic mass is 16.2. The van der Waals surface area contributed by atoms with Crippen molar-refractivity contribution < 1.29 is 4.79 Å². The van der Waals surface area contributed by atoms with Crippen LogP contribution in [0.1, 0.15) is 31.2 Å². The Morgan fingerprint density at radius 2 is 2.24 bits per heavy atom. The van der Waals surface area contributed by atoms with Crippen LogP contribution >= 0.6 is 0 Å². The number of carbonyl (C=O) groups is 1. The molecule has 1 aliphatic rings. The first-order valence-electron chi connectivity index (χ1n) is 6.16. The summed E-state index contributed by atoms with van der Waals surface area (Å²) in [5.41, 5.74) is 7.07. The summed E-state index contributed by atoms with van der Waals surface area (Å²) in [7, 11) is 0. The number of nitrogens with zero attached hydrogens (tertiary/aromatic N) is 1. The average Bonchev–Trinajstić information content (AvgIpc) is 2.29. The van der Waals surface area contributed by atoms with E-state index in [0.29, 0.717) is 5.82 Å². The molecule has 1 heterocycles. The molecule has 1 saturated carbocycles. The molecule has 0 aromatic carbocycles. The second-order valence-corrected chi connectivity index (χ2v) is 4.76. The minimum Gasteiger partial charge on any atom is -0.327 e. The van der Waals surface area contributed by atoms with Gasteiger partial charge in [-0.05, 0) is 37.5 Å². The molecule has 0 aliphatic heterocycles. The fourth-order valence-corrected chi connectivity index (χ4v) is 2.31. The fraction of sp³-hybridized carbons (Fsp3) is 0.538. The molecule has 0 radical (unpaired) electrons. The van der Waals surface area contributed by atoms with Crippen LogP contribution in [-0.4, -0.2) is 16.9 Å². The Hall–Kier alpha value is -1.42. The molecule has 1 aromatic heterocycles. The molecule has 0 saturated heterocycles. The summed E-state index contributed by atoms with van der Waals surface area (Å²) in [4.78, 5) is 16.2. The number of aryl methyl sites for hydroxylation is 1. The van der Waals surface area contributed by atoms with Crippen molar-refractivity contribution in [2.45, 2.75) is 38.6 Å². The summed E-state index contributed by atoms with van der Waals surface area (Å²) in [6.45, 7) is 1.98. The van der Waals surface area contributed by atoms with Crippen LogP contribution in [0.5, 0.6) is 0 Å². The van der Waals surface area contributed by atoms with E-state index in [1.54, 1.807) is 6.20 Å². The number of amides is 1. The van der Waals surface area contributed by atoms with Crippen LogP contribution in [0.3, 0.4) is 0 Å². The third kappa shape index (κ3) is 3.03. The van der Waals surface area contributed by atoms with Crippen molar-refractivity contribution in [3.63, 3.8) is 0 Å². The topological polar surface area (TPSA) is 68.0 Å². The van der Waals surface area contributed by atoms with Crippen molar-refractivity contribution in [1.29, 1.82) is 0 Å². The van der Waals surface area contributed by atoms with E-state index in [1.165, 1.54) is 0 Å². The third-order valence-corrected chi connectivity index (χ3v) is 3.32. The van der Waals surface area contributed by atoms with E-state index in [9.17, 15) is 4.79 Å². The Kier molecular flexibility index (Phi) is 3.74. The number of nitrogens with one attached hydrogen (secondary N) is 1. The highest BCUT2D eigenvalue weighted by Gasteiger charge is 2.28. The largest absolute Gasteiger partial charge is 0.327 e. The first-order valence-corrected chi connectivity index (χ1v) is 6.16. The molecule has 1 aliphatic carbocycles. The molecule has 17 heavy (non-hydrogen) atoms. The van der Waals surface area contributed by atoms with E-state index < -0.39 is 0 Å². The first-order chi connectivity index (χ1) is 8.16. The molecule has 1 fully saturated rings. The molecule has 4 heteroatoms. The van der Waals surface area contributed by atoms with E-state index in [1.807, 2.05) is 19.1 Å². The number of pyridine rings is 1. The van der Waals surface area contributed by atoms with Gasteiger partial charge < -0.3 is 11.1 Å². The maximum atomic E-state index is 12.1. The van der Waals surface area contributed by atoms with Crippen molar-refractivity contribution in [2.75, 3.05) is 5.32 Å². The molecule has 2 atom stereocenters. The summed E-state index contributed by atoms with van der Waals surface area (Å²) < 4.78 is 0. The number of hydrogen-bond acceptors (Lipinski definition) is 3. The second-order valence-electron chi connectivity index (χ2n) is 4.76. The Labute approximate surface area is 102 Å². The van der Waals surface area contributed by atoms with Crippen LogP contribution in [0.2, 0.25) is 0 Å². The highest BCUT2D eigenvalue weighted by molar-refractivity contribution is 5.92. The smallest absolute Gasteiger partial charge is 0.230 e. The SMILES string of the molecule is Cc1ccnc(NC(=O)C2CCCCC2N)c1. The van der Waals surface area contributed by atoms with E-state index in [-0.39, 0.29) is 17.9 Å². The first kappa shape index (κ1) is 12.0. The van der Waals surface area contributed by atoms with Gasteiger partial charge in [0.15, 0.2) is 0 Å². The van der Waals surface area contributed by atoms with Gasteiger partial charge in [-0.2, -0.15) is 0 Å². The Morgan fingerprint density at radius 1 is 1.47 bits per heavy atom. The summed E-state index contributed by atoms with van der Waals surface area (Å²) in [5, 5.41) is 2.85. The van der Waals surface area contributed by atoms with E-state index >= 15 is 0 Å². The van der Waals surface area contributed by atoms with Gasteiger partial charge in [0, 0.05) is 12.2 Å². The summed E-state index contributed by atoms with van der Waals surface area (Å²) >= 11 is 0. The molecule has 2 rings (SSSR count). The molecule has 1 aromatic rings. The van der Waals surface area contributed by atoms with Crippen molar-refractivity contribution in [3.8, 4) is 0 Å². The zero-order valence-electron chi connectivity index (χ0n) is 10.1. The standard InChI is InChI=1S/C13H19N3O/c1-9-6-7-15-12(8-9)16-13(17)10-4-2-3-5-11(10)14/h6-8,10-11H,2-5,14H2,1H3,(H,15,16,17). The lowest BCUT2D eigenvalue weighted by atomic mass is 9.84. The summed E-state index contributed by atoms with van der Waals surface area (Å²) in [6.07, 6.45) is 5.75. The van der Waals surface area contributed by atoms with Crippen molar-refractivity contribution in [1.82, 2.24) is 4.98 Å². The lowest BCUT2D eigenvalue weighted by Gasteiger charge is -2.27. The zero-order valence-corrected chi connectivity index (χ0v) is 10.1. The molecular weight excluding hydrogens is 214 g/mol. The lowest BCUT2D eigenvalue weighted by molar-refractivity contribution is -0.121. The maximum Gasteiger partial charge on any atom is 0.230 e. The van der Waals surface area contributed by atoms with Gasteiger partial charge in [-0.25, -0.2) is 4.98 Å². The third-order valence-electron chi connectivity index (χ3n) is 3.32. The van der Waals surface area contributed by atoms with Gasteiger partial charge in [0.05, 0.1) is 5.92 Å². The molecular formula is C13H19N3O. The van der Waals surface area contributed by atoms with Gasteiger partial charge in [-0.15, -0.1) is 0 Å². The van der Waals surface area contributed by atoms with Gasteiger partial charge in [0.1, 0.15) is 5.82 Å². The molecule has 1 amide bonds. The Balaban J connectivity index is 2.01. The summed E-state index contributed by atoms with van der Waals surface area (Å²) in [5.74, 6) is 0.564. The Bertz CT molecular complexity index is 405. The van der Waals surface area contributed by atoms with Crippen molar-refractivity contribution >= 4 is 11.7 Å². The molecule has 2 unspecified atom stereocenters. The number of nitrogens with two attached hydrogens (primary N) is 1. The average molecular weight is 233 g/mol. The van der Waals surface area contributed by atoms with Gasteiger partial charge in [0.2, 0.25) is 5.91 Å². The lowest BCUT2D eigenvalue weighted by Crippen LogP contribution is -2.40. The van der Waals surface area contributed by atoms with E-state index in [2.05, 4.69) is 10.3 Å². The van der Waals surface area contributed by atoms with Crippen molar-refractivity contribution in [3.05, 3.63) is 23.9 Å². The normalized spacial score (nSPS) is 24.4. The number of aromatic nitrogens is 1. The van der Waals surface area contributed by atoms with Gasteiger partial charge in [-0.3, -0.25) is 4.79 Å². The Morgan fingerprint density at radius 3 is 2.94 bits per heavy atom. The summed E-state index contributed by atoms with van der Waals surface area (Å²) in [6, 6.07) is 3.77. The van der Waals surface area contributed by atoms with Gasteiger partial charge >= 0.3 is 0 Å². The van der Waals surface area contributed by atoms with Crippen LogP contribution in [-0.2, 0) is 4.79 Å². The number of rotatable bonds is 2. The molecule has 0 spiro atoms. The van der Waals surface area contributed by atoms with Crippen LogP contribution in [0, 0.1) is 12.8 Å². The van der Waals surface area contributed by atoms with Crippen LogP contribution in [0.25, 0.3) is 0 Å². The zero-order chi connectivity index (χ0) is 12.3. The quantitative estimate of drug-likeness (QED) is 0.819. The monoisotopic (exact) mass is 233 g/mol.